The Balaban J connectivity index is 2.93. The third-order valence-corrected chi connectivity index (χ3v) is 1.28. The van der Waals surface area contributed by atoms with Crippen LogP contribution in [0.15, 0.2) is 12.3 Å². The van der Waals surface area contributed by atoms with Gasteiger partial charge >= 0.3 is 5.97 Å². The van der Waals surface area contributed by atoms with Crippen molar-refractivity contribution in [1.29, 1.82) is 0 Å². The smallest absolute Gasteiger partial charge is 0.356 e. The molecule has 0 aliphatic carbocycles. The number of carbonyl (C=O) groups excluding carboxylic acids is 1. The van der Waals surface area contributed by atoms with Gasteiger partial charge in [-0.2, -0.15) is 0 Å². The summed E-state index contributed by atoms with van der Waals surface area (Å²) in [4.78, 5) is 18.6. The zero-order valence-corrected chi connectivity index (χ0v) is 6.65. The van der Waals surface area contributed by atoms with Crippen molar-refractivity contribution in [2.45, 2.75) is 6.54 Å². The van der Waals surface area contributed by atoms with Crippen LogP contribution in [0.2, 0.25) is 0 Å². The predicted octanol–water partition coefficient (Wildman–Crippen LogP) is -0.278. The Kier molecular flexibility index (Phi) is 2.71. The van der Waals surface area contributed by atoms with Crippen molar-refractivity contribution in [3.05, 3.63) is 23.8 Å². The summed E-state index contributed by atoms with van der Waals surface area (Å²) in [5.41, 5.74) is 5.51. The molecule has 0 aromatic carbocycles. The van der Waals surface area contributed by atoms with Crippen LogP contribution in [0.3, 0.4) is 0 Å². The topological polar surface area (TPSA) is 78.1 Å². The van der Waals surface area contributed by atoms with Gasteiger partial charge in [-0.1, -0.05) is 0 Å². The number of ether oxygens (including phenoxy) is 1. The highest BCUT2D eigenvalue weighted by atomic mass is 16.5. The Morgan fingerprint density at radius 3 is 3.08 bits per heavy atom. The molecule has 0 saturated heterocycles. The molecule has 0 fully saturated rings. The molecule has 1 aromatic heterocycles. The molecule has 0 radical (unpaired) electrons. The standard InChI is InChI=1S/C7H9N3O2/c1-12-7(11)5-2-3-9-6(4-8)10-5/h2-3H,4,8H2,1H3. The molecule has 12 heavy (non-hydrogen) atoms. The van der Waals surface area contributed by atoms with Crippen LogP contribution in [-0.4, -0.2) is 23.0 Å². The van der Waals surface area contributed by atoms with Gasteiger partial charge in [0.05, 0.1) is 13.7 Å². The van der Waals surface area contributed by atoms with E-state index in [4.69, 9.17) is 5.73 Å². The van der Waals surface area contributed by atoms with Crippen LogP contribution in [0.4, 0.5) is 0 Å². The van der Waals surface area contributed by atoms with Gasteiger partial charge in [0, 0.05) is 6.20 Å². The maximum absolute atomic E-state index is 10.9. The minimum Gasteiger partial charge on any atom is -0.464 e. The minimum absolute atomic E-state index is 0.213. The highest BCUT2D eigenvalue weighted by Crippen LogP contribution is 1.96. The SMILES string of the molecule is COC(=O)c1ccnc(CN)n1. The zero-order chi connectivity index (χ0) is 8.97. The van der Waals surface area contributed by atoms with Crippen molar-refractivity contribution in [2.75, 3.05) is 7.11 Å². The molecule has 0 amide bonds. The fourth-order valence-electron chi connectivity index (χ4n) is 0.716. The monoisotopic (exact) mass is 167 g/mol. The lowest BCUT2D eigenvalue weighted by molar-refractivity contribution is 0.0593. The van der Waals surface area contributed by atoms with E-state index in [1.807, 2.05) is 0 Å². The highest BCUT2D eigenvalue weighted by Gasteiger charge is 2.06. The molecule has 64 valence electrons. The number of aromatic nitrogens is 2. The first-order valence-electron chi connectivity index (χ1n) is 3.38. The third-order valence-electron chi connectivity index (χ3n) is 1.28. The van der Waals surface area contributed by atoms with Gasteiger partial charge in [-0.15, -0.1) is 0 Å². The number of methoxy groups -OCH3 is 1. The molecule has 5 nitrogen and oxygen atoms in total. The number of esters is 1. The molecule has 0 aliphatic rings. The van der Waals surface area contributed by atoms with Gasteiger partial charge < -0.3 is 10.5 Å². The maximum atomic E-state index is 10.9. The van der Waals surface area contributed by atoms with Gasteiger partial charge in [-0.25, -0.2) is 14.8 Å². The number of hydrogen-bond acceptors (Lipinski definition) is 5. The second kappa shape index (κ2) is 3.77. The number of rotatable bonds is 2. The van der Waals surface area contributed by atoms with Gasteiger partial charge in [-0.3, -0.25) is 0 Å². The molecule has 1 rings (SSSR count). The summed E-state index contributed by atoms with van der Waals surface area (Å²) in [7, 11) is 1.30. The van der Waals surface area contributed by atoms with E-state index in [-0.39, 0.29) is 12.2 Å². The zero-order valence-electron chi connectivity index (χ0n) is 6.65. The number of hydrogen-bond donors (Lipinski definition) is 1. The Bertz CT molecular complexity index is 288. The van der Waals surface area contributed by atoms with Crippen molar-refractivity contribution in [2.24, 2.45) is 5.73 Å². The molecular formula is C7H9N3O2. The molecular weight excluding hydrogens is 158 g/mol. The second-order valence-corrected chi connectivity index (χ2v) is 2.05. The van der Waals surface area contributed by atoms with Crippen LogP contribution in [0.1, 0.15) is 16.3 Å². The van der Waals surface area contributed by atoms with Gasteiger partial charge in [0.1, 0.15) is 5.82 Å². The average Bonchev–Trinajstić information content (AvgIpc) is 2.17. The molecule has 1 heterocycles. The van der Waals surface area contributed by atoms with Gasteiger partial charge in [-0.05, 0) is 6.07 Å². The van der Waals surface area contributed by atoms with E-state index in [0.717, 1.165) is 0 Å². The fourth-order valence-corrected chi connectivity index (χ4v) is 0.716. The van der Waals surface area contributed by atoms with Crippen molar-refractivity contribution < 1.29 is 9.53 Å². The van der Waals surface area contributed by atoms with E-state index in [0.29, 0.717) is 5.82 Å². The Hall–Kier alpha value is -1.49. The molecule has 0 aliphatic heterocycles. The van der Waals surface area contributed by atoms with Crippen molar-refractivity contribution in [3.63, 3.8) is 0 Å². The van der Waals surface area contributed by atoms with E-state index < -0.39 is 5.97 Å². The van der Waals surface area contributed by atoms with Crippen LogP contribution >= 0.6 is 0 Å². The largest absolute Gasteiger partial charge is 0.464 e. The van der Waals surface area contributed by atoms with Crippen LogP contribution in [-0.2, 0) is 11.3 Å². The number of nitrogens with zero attached hydrogens (tertiary/aromatic N) is 2. The van der Waals surface area contributed by atoms with Crippen molar-refractivity contribution in [3.8, 4) is 0 Å². The first kappa shape index (κ1) is 8.61. The minimum atomic E-state index is -0.480. The number of carbonyl (C=O) groups is 1. The lowest BCUT2D eigenvalue weighted by atomic mass is 10.4. The molecule has 0 bridgehead atoms. The average molecular weight is 167 g/mol. The van der Waals surface area contributed by atoms with E-state index in [1.165, 1.54) is 19.4 Å². The van der Waals surface area contributed by atoms with E-state index in [1.54, 1.807) is 0 Å². The normalized spacial score (nSPS) is 9.50. The summed E-state index contributed by atoms with van der Waals surface area (Å²) >= 11 is 0. The molecule has 0 saturated carbocycles. The Morgan fingerprint density at radius 1 is 1.75 bits per heavy atom. The summed E-state index contributed by atoms with van der Waals surface area (Å²) in [5.74, 6) is -0.0509. The summed E-state index contributed by atoms with van der Waals surface area (Å²) in [6.07, 6.45) is 1.47. The molecule has 1 aromatic rings. The van der Waals surface area contributed by atoms with Gasteiger partial charge in [0.25, 0.3) is 0 Å². The quantitative estimate of drug-likeness (QED) is 0.613. The molecule has 0 atom stereocenters. The van der Waals surface area contributed by atoms with Crippen molar-refractivity contribution >= 4 is 5.97 Å². The van der Waals surface area contributed by atoms with Crippen LogP contribution in [0, 0.1) is 0 Å². The first-order chi connectivity index (χ1) is 5.77. The summed E-state index contributed by atoms with van der Waals surface area (Å²) in [6, 6.07) is 1.48. The van der Waals surface area contributed by atoms with E-state index >= 15 is 0 Å². The fraction of sp³-hybridized carbons (Fsp3) is 0.286. The molecule has 0 spiro atoms. The van der Waals surface area contributed by atoms with E-state index in [9.17, 15) is 4.79 Å². The van der Waals surface area contributed by atoms with Crippen LogP contribution in [0.5, 0.6) is 0 Å². The second-order valence-electron chi connectivity index (χ2n) is 2.05. The molecule has 5 heteroatoms. The lowest BCUT2D eigenvalue weighted by Crippen LogP contribution is -2.09. The third kappa shape index (κ3) is 1.76. The summed E-state index contributed by atoms with van der Waals surface area (Å²) in [6.45, 7) is 0.213. The summed E-state index contributed by atoms with van der Waals surface area (Å²) < 4.78 is 4.47. The van der Waals surface area contributed by atoms with Gasteiger partial charge in [0.2, 0.25) is 0 Å². The Labute approximate surface area is 69.6 Å². The van der Waals surface area contributed by atoms with E-state index in [2.05, 4.69) is 14.7 Å². The Morgan fingerprint density at radius 2 is 2.50 bits per heavy atom. The van der Waals surface area contributed by atoms with Crippen molar-refractivity contribution in [1.82, 2.24) is 9.97 Å². The van der Waals surface area contributed by atoms with Crippen LogP contribution in [0.25, 0.3) is 0 Å². The predicted molar refractivity (Wildman–Crippen MR) is 41.3 cm³/mol. The van der Waals surface area contributed by atoms with Gasteiger partial charge in [0.15, 0.2) is 5.69 Å². The lowest BCUT2D eigenvalue weighted by Gasteiger charge is -1.98. The first-order valence-corrected chi connectivity index (χ1v) is 3.38. The molecule has 0 unspecified atom stereocenters. The molecule has 2 N–H and O–H groups in total. The maximum Gasteiger partial charge on any atom is 0.356 e. The highest BCUT2D eigenvalue weighted by molar-refractivity contribution is 5.86. The number of nitrogens with two attached hydrogens (primary N) is 1. The summed E-state index contributed by atoms with van der Waals surface area (Å²) in [5, 5.41) is 0. The van der Waals surface area contributed by atoms with Crippen LogP contribution < -0.4 is 5.73 Å².